The van der Waals surface area contributed by atoms with Crippen molar-refractivity contribution in [3.8, 4) is 0 Å². The van der Waals surface area contributed by atoms with Crippen LogP contribution in [0.4, 0.5) is 11.4 Å². The van der Waals surface area contributed by atoms with Gasteiger partial charge in [-0.1, -0.05) is 47.5 Å². The monoisotopic (exact) mass is 360 g/mol. The highest BCUT2D eigenvalue weighted by Crippen LogP contribution is 2.54. The second-order valence-corrected chi connectivity index (χ2v) is 6.98. The summed E-state index contributed by atoms with van der Waals surface area (Å²) in [5.74, 6) is 0.205. The van der Waals surface area contributed by atoms with Crippen LogP contribution in [0.3, 0.4) is 0 Å². The Morgan fingerprint density at radius 3 is 2.58 bits per heavy atom. The van der Waals surface area contributed by atoms with E-state index >= 15 is 0 Å². The van der Waals surface area contributed by atoms with Crippen molar-refractivity contribution < 1.29 is 4.92 Å². The Labute approximate surface area is 149 Å². The van der Waals surface area contributed by atoms with E-state index in [1.807, 2.05) is 24.3 Å². The van der Waals surface area contributed by atoms with E-state index in [0.29, 0.717) is 21.3 Å². The van der Waals surface area contributed by atoms with E-state index in [4.69, 9.17) is 23.2 Å². The topological polar surface area (TPSA) is 55.2 Å². The molecule has 0 fully saturated rings. The summed E-state index contributed by atoms with van der Waals surface area (Å²) >= 11 is 12.4. The molecule has 2 aliphatic rings. The Morgan fingerprint density at radius 2 is 1.88 bits per heavy atom. The van der Waals surface area contributed by atoms with E-state index in [-0.39, 0.29) is 28.5 Å². The molecule has 0 radical (unpaired) electrons. The van der Waals surface area contributed by atoms with Gasteiger partial charge in [0, 0.05) is 17.0 Å². The van der Waals surface area contributed by atoms with Crippen LogP contribution in [0, 0.1) is 16.0 Å². The minimum Gasteiger partial charge on any atom is -0.376 e. The molecule has 1 aliphatic heterocycles. The lowest BCUT2D eigenvalue weighted by atomic mass is 9.76. The summed E-state index contributed by atoms with van der Waals surface area (Å²) in [6.07, 6.45) is 5.03. The van der Waals surface area contributed by atoms with Gasteiger partial charge in [0.15, 0.2) is 0 Å². The molecule has 0 bridgehead atoms. The van der Waals surface area contributed by atoms with Crippen molar-refractivity contribution in [1.82, 2.24) is 0 Å². The molecule has 2 aromatic carbocycles. The number of fused-ring (bicyclic) bond motifs is 3. The lowest BCUT2D eigenvalue weighted by Crippen LogP contribution is -2.29. The molecule has 3 atom stereocenters. The Balaban J connectivity index is 1.86. The van der Waals surface area contributed by atoms with Crippen LogP contribution >= 0.6 is 23.2 Å². The summed E-state index contributed by atoms with van der Waals surface area (Å²) in [6, 6.07) is 10.8. The van der Waals surface area contributed by atoms with Gasteiger partial charge >= 0.3 is 0 Å². The number of nitro benzene ring substituents is 1. The molecule has 6 heteroatoms. The van der Waals surface area contributed by atoms with Gasteiger partial charge in [0.25, 0.3) is 5.69 Å². The molecule has 1 heterocycles. The molecule has 0 aromatic heterocycles. The van der Waals surface area contributed by atoms with E-state index in [1.165, 1.54) is 6.07 Å². The van der Waals surface area contributed by atoms with Crippen molar-refractivity contribution in [2.45, 2.75) is 18.4 Å². The molecule has 0 amide bonds. The van der Waals surface area contributed by atoms with Crippen molar-refractivity contribution in [2.24, 2.45) is 5.92 Å². The second kappa shape index (κ2) is 5.80. The van der Waals surface area contributed by atoms with Crippen LogP contribution in [0.15, 0.2) is 48.6 Å². The van der Waals surface area contributed by atoms with E-state index < -0.39 is 0 Å². The molecule has 4 rings (SSSR count). The first-order chi connectivity index (χ1) is 11.6. The molecule has 1 N–H and O–H groups in total. The average Bonchev–Trinajstić information content (AvgIpc) is 3.05. The van der Waals surface area contributed by atoms with E-state index in [1.54, 1.807) is 6.07 Å². The van der Waals surface area contributed by atoms with E-state index in [9.17, 15) is 10.1 Å². The maximum absolute atomic E-state index is 11.5. The zero-order valence-corrected chi connectivity index (χ0v) is 14.1. The number of nitro groups is 1. The standard InChI is InChI=1S/C18H14Cl2N2O2/c19-11-6-4-10(5-7-11)17-13-3-1-2-12(13)16-15(22(23)24)9-8-14(20)18(16)21-17/h1-2,4-9,12-13,17,21H,3H2/t12-,13+,17+/m1/s1. The van der Waals surface area contributed by atoms with Crippen LogP contribution in [-0.2, 0) is 0 Å². The summed E-state index contributed by atoms with van der Waals surface area (Å²) in [7, 11) is 0. The number of rotatable bonds is 2. The van der Waals surface area contributed by atoms with Gasteiger partial charge in [-0.15, -0.1) is 0 Å². The van der Waals surface area contributed by atoms with Gasteiger partial charge in [0.05, 0.1) is 27.2 Å². The first kappa shape index (κ1) is 15.5. The van der Waals surface area contributed by atoms with Crippen molar-refractivity contribution in [2.75, 3.05) is 5.32 Å². The molecule has 1 aliphatic carbocycles. The molecule has 24 heavy (non-hydrogen) atoms. The molecule has 122 valence electrons. The third-order valence-corrected chi connectivity index (χ3v) is 5.44. The Morgan fingerprint density at radius 1 is 1.12 bits per heavy atom. The predicted octanol–water partition coefficient (Wildman–Crippen LogP) is 5.73. The zero-order valence-electron chi connectivity index (χ0n) is 12.6. The third kappa shape index (κ3) is 2.38. The summed E-state index contributed by atoms with van der Waals surface area (Å²) in [6.45, 7) is 0. The Bertz CT molecular complexity index is 849. The van der Waals surface area contributed by atoms with Gasteiger partial charge in [0.1, 0.15) is 0 Å². The number of hydrogen-bond donors (Lipinski definition) is 1. The number of benzene rings is 2. The summed E-state index contributed by atoms with van der Waals surface area (Å²) in [4.78, 5) is 11.1. The molecule has 0 saturated heterocycles. The molecule has 4 nitrogen and oxygen atoms in total. The van der Waals surface area contributed by atoms with Crippen LogP contribution in [0.25, 0.3) is 0 Å². The quantitative estimate of drug-likeness (QED) is 0.422. The highest BCUT2D eigenvalue weighted by Gasteiger charge is 2.42. The fourth-order valence-corrected chi connectivity index (χ4v) is 4.16. The van der Waals surface area contributed by atoms with Gasteiger partial charge in [-0.3, -0.25) is 10.1 Å². The molecule has 0 spiro atoms. The van der Waals surface area contributed by atoms with Crippen LogP contribution in [0.1, 0.15) is 29.5 Å². The van der Waals surface area contributed by atoms with Gasteiger partial charge in [-0.05, 0) is 36.1 Å². The van der Waals surface area contributed by atoms with Gasteiger partial charge in [0.2, 0.25) is 0 Å². The van der Waals surface area contributed by atoms with Crippen LogP contribution in [0.5, 0.6) is 0 Å². The minimum absolute atomic E-state index is 0.0129. The normalized spacial score (nSPS) is 24.2. The number of halogens is 2. The summed E-state index contributed by atoms with van der Waals surface area (Å²) < 4.78 is 0. The Hall–Kier alpha value is -2.04. The van der Waals surface area contributed by atoms with Crippen molar-refractivity contribution in [3.05, 3.63) is 79.8 Å². The fraction of sp³-hybridized carbons (Fsp3) is 0.222. The predicted molar refractivity (Wildman–Crippen MR) is 95.9 cm³/mol. The van der Waals surface area contributed by atoms with Gasteiger partial charge in [-0.25, -0.2) is 0 Å². The highest BCUT2D eigenvalue weighted by molar-refractivity contribution is 6.33. The van der Waals surface area contributed by atoms with E-state index in [2.05, 4.69) is 17.5 Å². The van der Waals surface area contributed by atoms with Crippen LogP contribution in [0.2, 0.25) is 10.0 Å². The first-order valence-corrected chi connectivity index (χ1v) is 8.47. The van der Waals surface area contributed by atoms with Crippen molar-refractivity contribution in [1.29, 1.82) is 0 Å². The lowest BCUT2D eigenvalue weighted by Gasteiger charge is -2.37. The van der Waals surface area contributed by atoms with Crippen molar-refractivity contribution in [3.63, 3.8) is 0 Å². The van der Waals surface area contributed by atoms with E-state index in [0.717, 1.165) is 12.0 Å². The highest BCUT2D eigenvalue weighted by atomic mass is 35.5. The zero-order chi connectivity index (χ0) is 16.8. The summed E-state index contributed by atoms with van der Waals surface area (Å²) in [5, 5.41) is 16.1. The molecule has 0 saturated carbocycles. The first-order valence-electron chi connectivity index (χ1n) is 7.71. The fourth-order valence-electron chi connectivity index (χ4n) is 3.81. The number of anilines is 1. The lowest BCUT2D eigenvalue weighted by molar-refractivity contribution is -0.385. The third-order valence-electron chi connectivity index (χ3n) is 4.87. The number of nitrogens with one attached hydrogen (secondary N) is 1. The SMILES string of the molecule is O=[N+]([O-])c1ccc(Cl)c2c1[C@@H]1C=CC[C@@H]1[C@H](c1ccc(Cl)cc1)N2. The molecule has 0 unspecified atom stereocenters. The maximum atomic E-state index is 11.5. The smallest absolute Gasteiger partial charge is 0.275 e. The number of allylic oxidation sites excluding steroid dienone is 2. The largest absolute Gasteiger partial charge is 0.376 e. The summed E-state index contributed by atoms with van der Waals surface area (Å²) in [5.41, 5.74) is 2.58. The van der Waals surface area contributed by atoms with Gasteiger partial charge in [-0.2, -0.15) is 0 Å². The maximum Gasteiger partial charge on any atom is 0.275 e. The van der Waals surface area contributed by atoms with Crippen LogP contribution in [-0.4, -0.2) is 4.92 Å². The molecule has 2 aromatic rings. The van der Waals surface area contributed by atoms with Crippen LogP contribution < -0.4 is 5.32 Å². The second-order valence-electron chi connectivity index (χ2n) is 6.14. The number of hydrogen-bond acceptors (Lipinski definition) is 3. The molecular formula is C18H14Cl2N2O2. The van der Waals surface area contributed by atoms with Crippen molar-refractivity contribution >= 4 is 34.6 Å². The average molecular weight is 361 g/mol. The number of nitrogens with zero attached hydrogens (tertiary/aromatic N) is 1. The minimum atomic E-state index is -0.331. The van der Waals surface area contributed by atoms with Gasteiger partial charge < -0.3 is 5.32 Å². The molecular weight excluding hydrogens is 347 g/mol. The Kier molecular flexibility index (Phi) is 3.74.